The van der Waals surface area contributed by atoms with E-state index in [1.165, 1.54) is 25.7 Å². The molecule has 2 fully saturated rings. The predicted molar refractivity (Wildman–Crippen MR) is 106 cm³/mol. The Morgan fingerprint density at radius 2 is 2.00 bits per heavy atom. The van der Waals surface area contributed by atoms with Crippen molar-refractivity contribution < 1.29 is 4.79 Å². The lowest BCUT2D eigenvalue weighted by molar-refractivity contribution is -0.116. The second kappa shape index (κ2) is 8.97. The lowest BCUT2D eigenvalue weighted by Crippen LogP contribution is -2.34. The molecule has 3 rings (SSSR count). The minimum Gasteiger partial charge on any atom is -0.350 e. The molecule has 132 valence electrons. The van der Waals surface area contributed by atoms with Crippen LogP contribution in [0.3, 0.4) is 0 Å². The average molecular weight is 388 g/mol. The Morgan fingerprint density at radius 3 is 2.67 bits per heavy atom. The number of rotatable bonds is 4. The topological polar surface area (TPSA) is 44.7 Å². The number of carbonyl (C=O) groups excluding carboxylic acids is 1. The fourth-order valence-electron chi connectivity index (χ4n) is 3.01. The van der Waals surface area contributed by atoms with E-state index >= 15 is 0 Å². The molecular weight excluding hydrogens is 365 g/mol. The summed E-state index contributed by atoms with van der Waals surface area (Å²) < 4.78 is 0. The van der Waals surface area contributed by atoms with E-state index in [4.69, 9.17) is 16.6 Å². The number of nitrogens with zero attached hydrogens (tertiary/aromatic N) is 2. The summed E-state index contributed by atoms with van der Waals surface area (Å²) in [5.74, 6) is 0.961. The molecule has 1 atom stereocenters. The molecule has 2 aliphatic rings. The normalized spacial score (nSPS) is 22.7. The summed E-state index contributed by atoms with van der Waals surface area (Å²) in [7, 11) is 2.05. The molecule has 1 saturated heterocycles. The van der Waals surface area contributed by atoms with Crippen LogP contribution in [0.4, 0.5) is 5.69 Å². The van der Waals surface area contributed by atoms with E-state index < -0.39 is 0 Å². The van der Waals surface area contributed by atoms with Gasteiger partial charge < -0.3 is 10.2 Å². The first-order valence-corrected chi connectivity index (χ1v) is 9.47. The van der Waals surface area contributed by atoms with Gasteiger partial charge in [0.15, 0.2) is 5.17 Å². The smallest absolute Gasteiger partial charge is 0.226 e. The Bertz CT molecular complexity index is 588. The molecule has 1 unspecified atom stereocenters. The van der Waals surface area contributed by atoms with E-state index in [1.54, 1.807) is 23.9 Å². The highest BCUT2D eigenvalue weighted by atomic mass is 35.5. The number of aliphatic imine (C=N–C) groups is 1. The number of hydrogen-bond acceptors (Lipinski definition) is 3. The molecule has 1 aromatic carbocycles. The van der Waals surface area contributed by atoms with Crippen molar-refractivity contribution in [2.75, 3.05) is 18.1 Å². The van der Waals surface area contributed by atoms with Crippen molar-refractivity contribution in [1.82, 2.24) is 4.90 Å². The summed E-state index contributed by atoms with van der Waals surface area (Å²) in [6.45, 7) is 0. The molecule has 0 radical (unpaired) electrons. The molecule has 1 amide bonds. The number of hydrogen-bond donors (Lipinski definition) is 1. The Balaban J connectivity index is 0.00000208. The van der Waals surface area contributed by atoms with Crippen LogP contribution in [0.2, 0.25) is 5.02 Å². The number of carbonyl (C=O) groups is 1. The van der Waals surface area contributed by atoms with E-state index in [1.807, 2.05) is 19.2 Å². The van der Waals surface area contributed by atoms with Gasteiger partial charge in [-0.2, -0.15) is 0 Å². The van der Waals surface area contributed by atoms with Crippen LogP contribution in [0.1, 0.15) is 32.1 Å². The first-order valence-electron chi connectivity index (χ1n) is 8.10. The standard InChI is InChI=1S/C17H22ClN3OS.ClH/c1-21-15(11-23-17(21)20-13-4-2-3-5-13)10-16(22)19-14-8-6-12(18)7-9-14;/h6-9,13,15H,2-5,10-11H2,1H3,(H,19,22);1H/b20-17-;. The number of thioether (sulfide) groups is 1. The van der Waals surface area contributed by atoms with Gasteiger partial charge in [-0.3, -0.25) is 9.79 Å². The molecule has 24 heavy (non-hydrogen) atoms. The minimum atomic E-state index is 0. The van der Waals surface area contributed by atoms with Gasteiger partial charge in [-0.1, -0.05) is 36.2 Å². The maximum atomic E-state index is 12.2. The molecular formula is C17H23Cl2N3OS. The number of amidine groups is 1. The van der Waals surface area contributed by atoms with Gasteiger partial charge in [0.2, 0.25) is 5.91 Å². The highest BCUT2D eigenvalue weighted by Gasteiger charge is 2.30. The predicted octanol–water partition coefficient (Wildman–Crippen LogP) is 4.44. The first kappa shape index (κ1) is 19.4. The molecule has 7 heteroatoms. The summed E-state index contributed by atoms with van der Waals surface area (Å²) in [4.78, 5) is 19.3. The van der Waals surface area contributed by atoms with Crippen molar-refractivity contribution in [1.29, 1.82) is 0 Å². The van der Waals surface area contributed by atoms with Crippen molar-refractivity contribution in [3.63, 3.8) is 0 Å². The van der Waals surface area contributed by atoms with Gasteiger partial charge in [-0.15, -0.1) is 12.4 Å². The zero-order valence-electron chi connectivity index (χ0n) is 13.7. The third-order valence-electron chi connectivity index (χ3n) is 4.42. The van der Waals surface area contributed by atoms with Gasteiger partial charge >= 0.3 is 0 Å². The van der Waals surface area contributed by atoms with Crippen LogP contribution in [-0.4, -0.2) is 40.9 Å². The van der Waals surface area contributed by atoms with Crippen LogP contribution in [-0.2, 0) is 4.79 Å². The SMILES string of the molecule is CN1/C(=N/C2CCCC2)SCC1CC(=O)Nc1ccc(Cl)cc1.Cl. The van der Waals surface area contributed by atoms with Gasteiger partial charge in [-0.05, 0) is 37.1 Å². The maximum Gasteiger partial charge on any atom is 0.226 e. The zero-order chi connectivity index (χ0) is 16.2. The van der Waals surface area contributed by atoms with Crippen LogP contribution in [0.5, 0.6) is 0 Å². The van der Waals surface area contributed by atoms with Crippen LogP contribution in [0.25, 0.3) is 0 Å². The van der Waals surface area contributed by atoms with Crippen LogP contribution < -0.4 is 5.32 Å². The molecule has 0 spiro atoms. The molecule has 1 saturated carbocycles. The van der Waals surface area contributed by atoms with Gasteiger partial charge in [0, 0.05) is 36.0 Å². The summed E-state index contributed by atoms with van der Waals surface area (Å²) >= 11 is 7.63. The van der Waals surface area contributed by atoms with Crippen LogP contribution >= 0.6 is 35.8 Å². The Kier molecular flexibility index (Phi) is 7.26. The van der Waals surface area contributed by atoms with E-state index in [-0.39, 0.29) is 24.4 Å². The molecule has 4 nitrogen and oxygen atoms in total. The lowest BCUT2D eigenvalue weighted by atomic mass is 10.2. The number of amides is 1. The second-order valence-corrected chi connectivity index (χ2v) is 7.61. The molecule has 0 aromatic heterocycles. The van der Waals surface area contributed by atoms with Crippen LogP contribution in [0.15, 0.2) is 29.3 Å². The van der Waals surface area contributed by atoms with E-state index in [2.05, 4.69) is 10.2 Å². The van der Waals surface area contributed by atoms with Crippen molar-refractivity contribution in [3.8, 4) is 0 Å². The molecule has 1 aliphatic heterocycles. The quantitative estimate of drug-likeness (QED) is 0.830. The lowest BCUT2D eigenvalue weighted by Gasteiger charge is -2.21. The fourth-order valence-corrected chi connectivity index (χ4v) is 4.40. The Hall–Kier alpha value is -0.910. The highest BCUT2D eigenvalue weighted by molar-refractivity contribution is 8.14. The summed E-state index contributed by atoms with van der Waals surface area (Å²) in [6, 6.07) is 7.90. The molecule has 0 bridgehead atoms. The van der Waals surface area contributed by atoms with Crippen molar-refractivity contribution in [2.24, 2.45) is 4.99 Å². The fraction of sp³-hybridized carbons (Fsp3) is 0.529. The third kappa shape index (κ3) is 5.04. The monoisotopic (exact) mass is 387 g/mol. The average Bonchev–Trinajstić information content (AvgIpc) is 3.15. The largest absolute Gasteiger partial charge is 0.350 e. The third-order valence-corrected chi connectivity index (χ3v) is 5.88. The van der Waals surface area contributed by atoms with Gasteiger partial charge in [-0.25, -0.2) is 0 Å². The van der Waals surface area contributed by atoms with Crippen molar-refractivity contribution >= 4 is 52.5 Å². The molecule has 1 aromatic rings. The van der Waals surface area contributed by atoms with Gasteiger partial charge in [0.05, 0.1) is 6.04 Å². The van der Waals surface area contributed by atoms with E-state index in [9.17, 15) is 4.79 Å². The highest BCUT2D eigenvalue weighted by Crippen LogP contribution is 2.28. The number of nitrogens with one attached hydrogen (secondary N) is 1. The number of benzene rings is 1. The minimum absolute atomic E-state index is 0. The van der Waals surface area contributed by atoms with Gasteiger partial charge in [0.25, 0.3) is 0 Å². The van der Waals surface area contributed by atoms with Crippen LogP contribution in [0, 0.1) is 0 Å². The van der Waals surface area contributed by atoms with Crippen molar-refractivity contribution in [3.05, 3.63) is 29.3 Å². The molecule has 1 aliphatic carbocycles. The van der Waals surface area contributed by atoms with E-state index in [0.29, 0.717) is 17.5 Å². The van der Waals surface area contributed by atoms with E-state index in [0.717, 1.165) is 16.6 Å². The first-order chi connectivity index (χ1) is 11.1. The number of halogens is 2. The Morgan fingerprint density at radius 1 is 1.33 bits per heavy atom. The maximum absolute atomic E-state index is 12.2. The zero-order valence-corrected chi connectivity index (χ0v) is 16.1. The molecule has 1 N–H and O–H groups in total. The van der Waals surface area contributed by atoms with Crippen molar-refractivity contribution in [2.45, 2.75) is 44.2 Å². The summed E-state index contributed by atoms with van der Waals surface area (Å²) in [6.07, 6.45) is 5.49. The molecule has 1 heterocycles. The number of anilines is 1. The summed E-state index contributed by atoms with van der Waals surface area (Å²) in [5, 5.41) is 4.70. The Labute approximate surface area is 158 Å². The van der Waals surface area contributed by atoms with Gasteiger partial charge in [0.1, 0.15) is 0 Å². The summed E-state index contributed by atoms with van der Waals surface area (Å²) in [5.41, 5.74) is 0.785. The second-order valence-electron chi connectivity index (χ2n) is 6.18.